The molecule has 0 bridgehead atoms. The fourth-order valence-electron chi connectivity index (χ4n) is 10.5. The Balaban J connectivity index is 0.000000189. The van der Waals surface area contributed by atoms with Gasteiger partial charge in [0.25, 0.3) is 0 Å². The van der Waals surface area contributed by atoms with Crippen molar-refractivity contribution in [2.24, 2.45) is 0 Å². The number of rotatable bonds is 8. The second-order valence-corrected chi connectivity index (χ2v) is 34.9. The normalized spacial score (nSPS) is 10.6. The summed E-state index contributed by atoms with van der Waals surface area (Å²) in [6.45, 7) is 27.0. The molecule has 0 aromatic heterocycles. The van der Waals surface area contributed by atoms with E-state index in [1.807, 2.05) is 0 Å². The predicted molar refractivity (Wildman–Crippen MR) is 345 cm³/mol. The van der Waals surface area contributed by atoms with Crippen molar-refractivity contribution in [2.45, 2.75) is 119 Å². The molecule has 0 aliphatic rings. The monoisotopic (exact) mass is 1190 g/mol. The molecule has 0 radical (unpaired) electrons. The maximum absolute atomic E-state index is 2.34. The fourth-order valence-corrected chi connectivity index (χ4v) is 10.5. The minimum atomic E-state index is 0. The first-order valence-corrected chi connectivity index (χ1v) is 38.1. The van der Waals surface area contributed by atoms with Gasteiger partial charge in [0.05, 0.1) is 0 Å². The van der Waals surface area contributed by atoms with E-state index in [2.05, 4.69) is 326 Å². The molecular formula is C74H80Cl2Si2Ti2-2. The van der Waals surface area contributed by atoms with Gasteiger partial charge >= 0.3 is 76.9 Å². The van der Waals surface area contributed by atoms with Crippen LogP contribution in [0.15, 0.2) is 206 Å². The van der Waals surface area contributed by atoms with Crippen LogP contribution in [-0.2, 0) is 64.0 Å². The maximum Gasteiger partial charge on any atom is -1.00 e. The van der Waals surface area contributed by atoms with Crippen LogP contribution in [0.5, 0.6) is 0 Å². The molecular weight excluding hydrogens is 1110 g/mol. The predicted octanol–water partition coefficient (Wildman–Crippen LogP) is 15.9. The van der Waals surface area contributed by atoms with Crippen molar-refractivity contribution in [2.75, 3.05) is 0 Å². The van der Waals surface area contributed by atoms with Crippen molar-refractivity contribution in [3.05, 3.63) is 240 Å². The topological polar surface area (TPSA) is 0 Å². The van der Waals surface area contributed by atoms with Crippen molar-refractivity contribution in [3.8, 4) is 22.3 Å². The Morgan fingerprint density at radius 2 is 0.675 bits per heavy atom. The fraction of sp³-hybridized carbons (Fsp3) is 0.243. The van der Waals surface area contributed by atoms with Crippen molar-refractivity contribution in [1.82, 2.24) is 0 Å². The van der Waals surface area contributed by atoms with Crippen LogP contribution in [0.25, 0.3) is 86.9 Å². The first-order chi connectivity index (χ1) is 37.6. The van der Waals surface area contributed by atoms with Gasteiger partial charge in [0, 0.05) is 0 Å². The van der Waals surface area contributed by atoms with Crippen LogP contribution >= 0.6 is 0 Å². The van der Waals surface area contributed by atoms with Crippen molar-refractivity contribution >= 4 is 77.0 Å². The largest absolute Gasteiger partial charge is 1.00 e. The molecule has 0 spiro atoms. The standard InChI is InChI=1S/2C21H17.2C14H17.2C2H6Si.2ClH.2Ti/c2*1-2-15-11-12-20(21-10-6-5-9-19(15)21)18-13-16-7-3-4-8-17(16)14-18;2*1-4-11-8-12-6-5-7-13(10(2)3)14(12)9-11;2*1-3-2;;;;/h2*3-14H,2H2,1H3;2*5-10H,4H2,1-3H3;2*1-2H3;2*1H;;/q4*-1;;;;;2*+2/p-2. The van der Waals surface area contributed by atoms with E-state index in [1.54, 1.807) is 0 Å². The van der Waals surface area contributed by atoms with Crippen molar-refractivity contribution < 1.29 is 63.2 Å². The van der Waals surface area contributed by atoms with Crippen LogP contribution in [0.2, 0.25) is 26.2 Å². The van der Waals surface area contributed by atoms with E-state index in [0.29, 0.717) is 11.8 Å². The average Bonchev–Trinajstić information content (AvgIpc) is 4.27. The summed E-state index contributed by atoms with van der Waals surface area (Å²) in [7, 11) is 0. The molecule has 12 rings (SSSR count). The molecule has 0 N–H and O–H groups in total. The number of hydrogen-bond acceptors (Lipinski definition) is 0. The summed E-state index contributed by atoms with van der Waals surface area (Å²) in [5, 5.41) is 16.4. The Bertz CT molecular complexity index is 3590. The molecule has 0 fully saturated rings. The Hall–Kier alpha value is -4.84. The summed E-state index contributed by atoms with van der Waals surface area (Å²) in [6, 6.07) is 75.4. The molecule has 80 heavy (non-hydrogen) atoms. The van der Waals surface area contributed by atoms with Crippen LogP contribution in [0.3, 0.4) is 0 Å². The van der Waals surface area contributed by atoms with Gasteiger partial charge in [-0.1, -0.05) is 199 Å². The van der Waals surface area contributed by atoms with Gasteiger partial charge in [-0.15, -0.1) is 138 Å². The molecule has 6 heteroatoms. The molecule has 0 aliphatic carbocycles. The van der Waals surface area contributed by atoms with Crippen molar-refractivity contribution in [1.29, 1.82) is 0 Å². The van der Waals surface area contributed by atoms with Crippen LogP contribution in [0, 0.1) is 0 Å². The quantitative estimate of drug-likeness (QED) is 0.105. The van der Waals surface area contributed by atoms with Crippen LogP contribution in [0.1, 0.15) is 101 Å². The molecule has 0 saturated heterocycles. The molecule has 0 atom stereocenters. The number of halogens is 2. The van der Waals surface area contributed by atoms with Gasteiger partial charge in [-0.25, -0.2) is 0 Å². The summed E-state index contributed by atoms with van der Waals surface area (Å²) >= 11 is 4.54. The SMILES string of the molecule is CCc1cc2c(C(C)C)cccc2[cH-]1.CCc1cc2c(C(C)C)cccc2[cH-]1.CCc1ccc(-c2cc3ccccc3[cH-]2)c2ccccc12.CCc1ccc(-c2cc3ccccc3[cH-]2)c2ccccc12.C[Si](C)=[Ti+2].C[Si](C)=[Ti+2].[Cl-].[Cl-]. The van der Waals surface area contributed by atoms with Gasteiger partial charge in [0.1, 0.15) is 0 Å². The molecule has 12 aromatic rings. The maximum atomic E-state index is 2.34. The third-order valence-corrected chi connectivity index (χ3v) is 14.4. The summed E-state index contributed by atoms with van der Waals surface area (Å²) in [6.07, 6.45) is 4.65. The van der Waals surface area contributed by atoms with E-state index < -0.39 is 0 Å². The van der Waals surface area contributed by atoms with Gasteiger partial charge in [-0.3, -0.25) is 0 Å². The average molecular weight is 1190 g/mol. The van der Waals surface area contributed by atoms with E-state index in [1.165, 1.54) is 120 Å². The smallest absolute Gasteiger partial charge is 1.00 e. The van der Waals surface area contributed by atoms with Gasteiger partial charge in [-0.05, 0) is 70.2 Å². The van der Waals surface area contributed by atoms with E-state index in [-0.39, 0.29) is 37.2 Å². The van der Waals surface area contributed by atoms with Gasteiger partial charge in [-0.2, -0.15) is 12.1 Å². The number of benzene rings is 8. The Morgan fingerprint density at radius 3 is 1.00 bits per heavy atom. The summed E-state index contributed by atoms with van der Waals surface area (Å²) < 4.78 is 0. The third-order valence-electron chi connectivity index (χ3n) is 14.4. The number of aryl methyl sites for hydroxylation is 4. The summed E-state index contributed by atoms with van der Waals surface area (Å²) in [4.78, 5) is 0. The molecule has 0 unspecified atom stereocenters. The Morgan fingerprint density at radius 1 is 0.350 bits per heavy atom. The first-order valence-electron chi connectivity index (χ1n) is 28.4. The minimum absolute atomic E-state index is 0. The zero-order chi connectivity index (χ0) is 55.9. The first kappa shape index (κ1) is 66.0. The molecule has 0 saturated carbocycles. The van der Waals surface area contributed by atoms with Crippen LogP contribution in [0.4, 0.5) is 0 Å². The molecule has 408 valence electrons. The van der Waals surface area contributed by atoms with Gasteiger partial charge < -0.3 is 24.8 Å². The van der Waals surface area contributed by atoms with E-state index >= 15 is 0 Å². The minimum Gasteiger partial charge on any atom is -1.00 e. The zero-order valence-electron chi connectivity index (χ0n) is 49.4. The van der Waals surface area contributed by atoms with E-state index in [4.69, 9.17) is 0 Å². The zero-order valence-corrected chi connectivity index (χ0v) is 56.0. The Labute approximate surface area is 516 Å². The molecule has 0 aliphatic heterocycles. The van der Waals surface area contributed by atoms with Gasteiger partial charge in [0.2, 0.25) is 0 Å². The van der Waals surface area contributed by atoms with Crippen LogP contribution < -0.4 is 24.8 Å². The molecule has 0 heterocycles. The number of hydrogen-bond donors (Lipinski definition) is 0. The molecule has 0 nitrogen and oxygen atoms in total. The number of fused-ring (bicyclic) bond motifs is 6. The van der Waals surface area contributed by atoms with E-state index in [0.717, 1.165) is 25.7 Å². The molecule has 0 amide bonds. The second-order valence-electron chi connectivity index (χ2n) is 21.5. The second kappa shape index (κ2) is 32.1. The van der Waals surface area contributed by atoms with E-state index in [9.17, 15) is 0 Å². The van der Waals surface area contributed by atoms with Gasteiger partial charge in [0.15, 0.2) is 0 Å². The van der Waals surface area contributed by atoms with Crippen LogP contribution in [-0.4, -0.2) is 12.4 Å². The third kappa shape index (κ3) is 17.1. The molecule has 12 aromatic carbocycles. The Kier molecular flexibility index (Phi) is 26.5. The summed E-state index contributed by atoms with van der Waals surface area (Å²) in [5.41, 5.74) is 14.0. The van der Waals surface area contributed by atoms with Crippen molar-refractivity contribution in [3.63, 3.8) is 0 Å². The summed E-state index contributed by atoms with van der Waals surface area (Å²) in [5.74, 6) is 1.23.